The molecule has 5 heteroatoms. The zero-order valence-electron chi connectivity index (χ0n) is 14.3. The Bertz CT molecular complexity index is 629. The molecule has 2 aromatic rings. The van der Waals surface area contributed by atoms with Crippen LogP contribution in [0.4, 0.5) is 0 Å². The first-order chi connectivity index (χ1) is 10.9. The van der Waals surface area contributed by atoms with Crippen molar-refractivity contribution in [1.82, 2.24) is 10.5 Å². The van der Waals surface area contributed by atoms with Crippen molar-refractivity contribution in [2.24, 2.45) is 0 Å². The van der Waals surface area contributed by atoms with Crippen LogP contribution < -0.4 is 10.2 Å². The van der Waals surface area contributed by atoms with Gasteiger partial charge < -0.3 is 14.7 Å². The van der Waals surface area contributed by atoms with Crippen LogP contribution in [0, 0.1) is 0 Å². The summed E-state index contributed by atoms with van der Waals surface area (Å²) in [5, 5.41) is 7.13. The van der Waals surface area contributed by atoms with Crippen molar-refractivity contribution in [3.05, 3.63) is 42.1 Å². The van der Waals surface area contributed by atoms with Gasteiger partial charge in [0.15, 0.2) is 12.3 Å². The van der Waals surface area contributed by atoms with E-state index in [4.69, 9.17) is 4.52 Å². The van der Waals surface area contributed by atoms with Gasteiger partial charge in [-0.2, -0.15) is 0 Å². The fourth-order valence-electron chi connectivity index (χ4n) is 2.39. The molecule has 23 heavy (non-hydrogen) atoms. The minimum Gasteiger partial charge on any atom is -0.356 e. The summed E-state index contributed by atoms with van der Waals surface area (Å²) in [7, 11) is 0. The van der Waals surface area contributed by atoms with Gasteiger partial charge in [0.2, 0.25) is 0 Å². The number of carbonyl (C=O) groups excluding carboxylic acids is 1. The molecule has 1 amide bonds. The molecule has 1 atom stereocenters. The van der Waals surface area contributed by atoms with Crippen LogP contribution in [-0.2, 0) is 11.3 Å². The van der Waals surface area contributed by atoms with Gasteiger partial charge in [0.1, 0.15) is 12.2 Å². The van der Waals surface area contributed by atoms with Crippen LogP contribution in [0.15, 0.2) is 40.9 Å². The van der Waals surface area contributed by atoms with Gasteiger partial charge >= 0.3 is 0 Å². The lowest BCUT2D eigenvalue weighted by atomic mass is 10.1. The van der Waals surface area contributed by atoms with Crippen LogP contribution >= 0.6 is 0 Å². The predicted octanol–water partition coefficient (Wildman–Crippen LogP) is 1.66. The first kappa shape index (κ1) is 17.2. The molecule has 1 unspecified atom stereocenters. The Balaban J connectivity index is 1.97. The van der Waals surface area contributed by atoms with E-state index in [1.165, 1.54) is 0 Å². The molecule has 0 aliphatic carbocycles. The minimum absolute atomic E-state index is 0.0566. The number of carbonyl (C=O) groups is 1. The summed E-state index contributed by atoms with van der Waals surface area (Å²) >= 11 is 0. The van der Waals surface area contributed by atoms with E-state index in [1.807, 2.05) is 57.2 Å². The van der Waals surface area contributed by atoms with E-state index in [0.717, 1.165) is 28.5 Å². The van der Waals surface area contributed by atoms with E-state index < -0.39 is 0 Å². The number of hydrogen-bond acceptors (Lipinski definition) is 3. The molecule has 2 rings (SSSR count). The number of aromatic nitrogens is 1. The van der Waals surface area contributed by atoms with Crippen LogP contribution in [-0.4, -0.2) is 29.7 Å². The van der Waals surface area contributed by atoms with Gasteiger partial charge in [-0.15, -0.1) is 0 Å². The molecular weight excluding hydrogens is 290 g/mol. The Morgan fingerprint density at radius 3 is 2.57 bits per heavy atom. The summed E-state index contributed by atoms with van der Waals surface area (Å²) in [6, 6.07) is 11.8. The molecule has 2 N–H and O–H groups in total. The van der Waals surface area contributed by atoms with Crippen molar-refractivity contribution >= 4 is 5.91 Å². The lowest BCUT2D eigenvalue weighted by molar-refractivity contribution is -0.904. The molecule has 0 saturated carbocycles. The SMILES string of the molecule is CC[NH+](CC(=O)NC(C)(C)C)Cc1cc(-c2ccccc2)on1. The number of likely N-dealkylation sites (N-methyl/N-ethyl adjacent to an activating group) is 1. The molecule has 0 saturated heterocycles. The Morgan fingerprint density at radius 2 is 1.96 bits per heavy atom. The van der Waals surface area contributed by atoms with Crippen LogP contribution in [0.25, 0.3) is 11.3 Å². The second-order valence-corrected chi connectivity index (χ2v) is 6.80. The molecule has 0 aliphatic rings. The van der Waals surface area contributed by atoms with Crippen LogP contribution in [0.2, 0.25) is 0 Å². The average molecular weight is 316 g/mol. The van der Waals surface area contributed by atoms with Crippen LogP contribution in [0.1, 0.15) is 33.4 Å². The maximum Gasteiger partial charge on any atom is 0.275 e. The lowest BCUT2D eigenvalue weighted by Crippen LogP contribution is -3.11. The van der Waals surface area contributed by atoms with Gasteiger partial charge in [-0.05, 0) is 27.7 Å². The van der Waals surface area contributed by atoms with Crippen molar-refractivity contribution in [2.75, 3.05) is 13.1 Å². The second kappa shape index (κ2) is 7.42. The van der Waals surface area contributed by atoms with E-state index in [2.05, 4.69) is 17.4 Å². The third-order valence-corrected chi connectivity index (χ3v) is 3.47. The number of benzene rings is 1. The number of hydrogen-bond donors (Lipinski definition) is 2. The summed E-state index contributed by atoms with van der Waals surface area (Å²) in [5.74, 6) is 0.816. The molecule has 0 radical (unpaired) electrons. The number of quaternary nitrogens is 1. The standard InChI is InChI=1S/C18H25N3O2/c1-5-21(13-17(22)19-18(2,3)4)12-15-11-16(23-20-15)14-9-7-6-8-10-14/h6-11H,5,12-13H2,1-4H3,(H,19,22)/p+1. The molecule has 5 nitrogen and oxygen atoms in total. The average Bonchev–Trinajstić information content (AvgIpc) is 2.94. The highest BCUT2D eigenvalue weighted by Crippen LogP contribution is 2.19. The minimum atomic E-state index is -0.204. The monoisotopic (exact) mass is 316 g/mol. The number of amides is 1. The van der Waals surface area contributed by atoms with E-state index in [1.54, 1.807) is 0 Å². The Kier molecular flexibility index (Phi) is 5.55. The maximum atomic E-state index is 12.1. The van der Waals surface area contributed by atoms with Crippen molar-refractivity contribution < 1.29 is 14.2 Å². The van der Waals surface area contributed by atoms with Gasteiger partial charge in [-0.1, -0.05) is 35.5 Å². The highest BCUT2D eigenvalue weighted by Gasteiger charge is 2.19. The van der Waals surface area contributed by atoms with Crippen molar-refractivity contribution in [2.45, 2.75) is 39.8 Å². The van der Waals surface area contributed by atoms with E-state index >= 15 is 0 Å². The third kappa shape index (κ3) is 5.53. The highest BCUT2D eigenvalue weighted by atomic mass is 16.5. The van der Waals surface area contributed by atoms with Gasteiger partial charge in [0.05, 0.1) is 6.54 Å². The molecule has 0 spiro atoms. The normalized spacial score (nSPS) is 12.9. The van der Waals surface area contributed by atoms with E-state index in [-0.39, 0.29) is 11.4 Å². The smallest absolute Gasteiger partial charge is 0.275 e. The van der Waals surface area contributed by atoms with Crippen molar-refractivity contribution in [1.29, 1.82) is 0 Å². The molecular formula is C18H26N3O2+. The summed E-state index contributed by atoms with van der Waals surface area (Å²) in [4.78, 5) is 13.2. The molecule has 1 aromatic heterocycles. The summed E-state index contributed by atoms with van der Waals surface area (Å²) in [6.45, 7) is 9.98. The second-order valence-electron chi connectivity index (χ2n) is 6.80. The van der Waals surface area contributed by atoms with Crippen molar-refractivity contribution in [3.8, 4) is 11.3 Å². The number of rotatable bonds is 6. The molecule has 0 bridgehead atoms. The first-order valence-electron chi connectivity index (χ1n) is 8.03. The largest absolute Gasteiger partial charge is 0.356 e. The Labute approximate surface area is 137 Å². The number of nitrogens with zero attached hydrogens (tertiary/aromatic N) is 1. The van der Waals surface area contributed by atoms with E-state index in [0.29, 0.717) is 13.1 Å². The third-order valence-electron chi connectivity index (χ3n) is 3.47. The highest BCUT2D eigenvalue weighted by molar-refractivity contribution is 5.77. The fourth-order valence-corrected chi connectivity index (χ4v) is 2.39. The van der Waals surface area contributed by atoms with Crippen LogP contribution in [0.5, 0.6) is 0 Å². The topological polar surface area (TPSA) is 59.6 Å². The van der Waals surface area contributed by atoms with Gasteiger partial charge in [-0.3, -0.25) is 4.79 Å². The van der Waals surface area contributed by atoms with Gasteiger partial charge in [0, 0.05) is 17.2 Å². The lowest BCUT2D eigenvalue weighted by Gasteiger charge is -2.22. The summed E-state index contributed by atoms with van der Waals surface area (Å²) < 4.78 is 5.42. The molecule has 1 aromatic carbocycles. The molecule has 124 valence electrons. The number of nitrogens with one attached hydrogen (secondary N) is 2. The molecule has 0 aliphatic heterocycles. The van der Waals surface area contributed by atoms with Crippen LogP contribution in [0.3, 0.4) is 0 Å². The quantitative estimate of drug-likeness (QED) is 0.852. The predicted molar refractivity (Wildman–Crippen MR) is 89.9 cm³/mol. The zero-order valence-corrected chi connectivity index (χ0v) is 14.3. The zero-order chi connectivity index (χ0) is 16.9. The summed E-state index contributed by atoms with van der Waals surface area (Å²) in [5.41, 5.74) is 1.67. The van der Waals surface area contributed by atoms with Gasteiger partial charge in [-0.25, -0.2) is 0 Å². The summed E-state index contributed by atoms with van der Waals surface area (Å²) in [6.07, 6.45) is 0. The first-order valence-corrected chi connectivity index (χ1v) is 8.03. The Hall–Kier alpha value is -2.14. The molecule has 1 heterocycles. The van der Waals surface area contributed by atoms with E-state index in [9.17, 15) is 4.79 Å². The molecule has 0 fully saturated rings. The Morgan fingerprint density at radius 1 is 1.26 bits per heavy atom. The van der Waals surface area contributed by atoms with Crippen molar-refractivity contribution in [3.63, 3.8) is 0 Å². The van der Waals surface area contributed by atoms with Gasteiger partial charge in [0.25, 0.3) is 5.91 Å². The maximum absolute atomic E-state index is 12.1. The fraction of sp³-hybridized carbons (Fsp3) is 0.444.